The van der Waals surface area contributed by atoms with Crippen LogP contribution in [0.4, 0.5) is 0 Å². The molecular weight excluding hydrogens is 246 g/mol. The molecule has 0 unspecified atom stereocenters. The van der Waals surface area contributed by atoms with Crippen LogP contribution in [-0.4, -0.2) is 18.6 Å². The maximum absolute atomic E-state index is 11.4. The second-order valence-electron chi connectivity index (χ2n) is 5.41. The Bertz CT molecular complexity index is 393. The molecule has 3 nitrogen and oxygen atoms in total. The molecule has 0 aliphatic carbocycles. The lowest BCUT2D eigenvalue weighted by Gasteiger charge is -2.16. The molecule has 0 saturated heterocycles. The third-order valence-electron chi connectivity index (χ3n) is 2.74. The predicted molar refractivity (Wildman–Crippen MR) is 76.0 cm³/mol. The van der Waals surface area contributed by atoms with E-state index in [0.717, 1.165) is 0 Å². The Hall–Kier alpha value is -0.870. The van der Waals surface area contributed by atoms with E-state index in [0.29, 0.717) is 13.2 Å². The minimum absolute atomic E-state index is 0.182. The highest BCUT2D eigenvalue weighted by molar-refractivity contribution is 7.10. The zero-order valence-electron chi connectivity index (χ0n) is 11.9. The molecule has 1 rings (SSSR count). The van der Waals surface area contributed by atoms with E-state index in [2.05, 4.69) is 37.5 Å². The highest BCUT2D eigenvalue weighted by atomic mass is 32.1. The Balaban J connectivity index is 2.49. The number of carbonyl (C=O) groups is 1. The molecule has 0 aliphatic rings. The SMILES string of the molecule is CCOC(=O)[C@H](C)NCc1cc(C(C)(C)C)cs1. The van der Waals surface area contributed by atoms with Crippen LogP contribution >= 0.6 is 11.3 Å². The number of hydrogen-bond donors (Lipinski definition) is 1. The molecule has 1 heterocycles. The van der Waals surface area contributed by atoms with Crippen LogP contribution in [0.2, 0.25) is 0 Å². The first-order valence-electron chi connectivity index (χ1n) is 6.32. The lowest BCUT2D eigenvalue weighted by molar-refractivity contribution is -0.145. The van der Waals surface area contributed by atoms with Gasteiger partial charge in [-0.15, -0.1) is 11.3 Å². The minimum atomic E-state index is -0.259. The summed E-state index contributed by atoms with van der Waals surface area (Å²) in [4.78, 5) is 12.7. The standard InChI is InChI=1S/C14H23NO2S/c1-6-17-13(16)10(2)15-8-12-7-11(9-18-12)14(3,4)5/h7,9-10,15H,6,8H2,1-5H3/t10-/m0/s1. The van der Waals surface area contributed by atoms with Crippen LogP contribution in [0, 0.1) is 0 Å². The molecule has 0 radical (unpaired) electrons. The van der Waals surface area contributed by atoms with E-state index in [9.17, 15) is 4.79 Å². The minimum Gasteiger partial charge on any atom is -0.465 e. The molecule has 0 amide bonds. The summed E-state index contributed by atoms with van der Waals surface area (Å²) in [5.74, 6) is -0.190. The van der Waals surface area contributed by atoms with Crippen molar-refractivity contribution in [1.29, 1.82) is 0 Å². The predicted octanol–water partition coefficient (Wildman–Crippen LogP) is 3.09. The highest BCUT2D eigenvalue weighted by Gasteiger charge is 2.17. The van der Waals surface area contributed by atoms with Gasteiger partial charge in [-0.3, -0.25) is 10.1 Å². The first kappa shape index (κ1) is 15.2. The lowest BCUT2D eigenvalue weighted by Crippen LogP contribution is -2.34. The van der Waals surface area contributed by atoms with Gasteiger partial charge in [-0.1, -0.05) is 20.8 Å². The van der Waals surface area contributed by atoms with Crippen molar-refractivity contribution in [1.82, 2.24) is 5.32 Å². The fourth-order valence-corrected chi connectivity index (χ4v) is 2.53. The molecule has 1 atom stereocenters. The number of ether oxygens (including phenoxy) is 1. The summed E-state index contributed by atoms with van der Waals surface area (Å²) >= 11 is 1.73. The maximum Gasteiger partial charge on any atom is 0.322 e. The number of hydrogen-bond acceptors (Lipinski definition) is 4. The molecular formula is C14H23NO2S. The van der Waals surface area contributed by atoms with E-state index < -0.39 is 0 Å². The Kier molecular flexibility index (Phi) is 5.35. The monoisotopic (exact) mass is 269 g/mol. The van der Waals surface area contributed by atoms with E-state index >= 15 is 0 Å². The highest BCUT2D eigenvalue weighted by Crippen LogP contribution is 2.27. The van der Waals surface area contributed by atoms with E-state index in [1.165, 1.54) is 10.4 Å². The van der Waals surface area contributed by atoms with Gasteiger partial charge in [0.05, 0.1) is 6.61 Å². The van der Waals surface area contributed by atoms with Crippen molar-refractivity contribution in [3.63, 3.8) is 0 Å². The van der Waals surface area contributed by atoms with E-state index in [1.54, 1.807) is 11.3 Å². The fraction of sp³-hybridized carbons (Fsp3) is 0.643. The Morgan fingerprint density at radius 3 is 2.67 bits per heavy atom. The summed E-state index contributed by atoms with van der Waals surface area (Å²) in [6, 6.07) is 1.94. The van der Waals surface area contributed by atoms with Crippen molar-refractivity contribution in [2.75, 3.05) is 6.61 Å². The third kappa shape index (κ3) is 4.42. The van der Waals surface area contributed by atoms with Crippen molar-refractivity contribution in [2.24, 2.45) is 0 Å². The van der Waals surface area contributed by atoms with Crippen LogP contribution in [0.1, 0.15) is 45.1 Å². The summed E-state index contributed by atoms with van der Waals surface area (Å²) < 4.78 is 4.95. The zero-order chi connectivity index (χ0) is 13.8. The molecule has 1 aromatic rings. The molecule has 1 aromatic heterocycles. The van der Waals surface area contributed by atoms with Crippen LogP contribution in [0.3, 0.4) is 0 Å². The van der Waals surface area contributed by atoms with Gasteiger partial charge in [0.15, 0.2) is 0 Å². The average Bonchev–Trinajstić information content (AvgIpc) is 2.74. The van der Waals surface area contributed by atoms with Gasteiger partial charge in [-0.2, -0.15) is 0 Å². The van der Waals surface area contributed by atoms with Crippen LogP contribution < -0.4 is 5.32 Å². The van der Waals surface area contributed by atoms with Gasteiger partial charge in [-0.25, -0.2) is 0 Å². The summed E-state index contributed by atoms with van der Waals surface area (Å²) in [5, 5.41) is 5.37. The van der Waals surface area contributed by atoms with Gasteiger partial charge >= 0.3 is 5.97 Å². The quantitative estimate of drug-likeness (QED) is 0.835. The number of esters is 1. The van der Waals surface area contributed by atoms with Crippen LogP contribution in [0.15, 0.2) is 11.4 Å². The van der Waals surface area contributed by atoms with Crippen molar-refractivity contribution >= 4 is 17.3 Å². The molecule has 0 bridgehead atoms. The number of carbonyl (C=O) groups excluding carboxylic acids is 1. The summed E-state index contributed by atoms with van der Waals surface area (Å²) in [5.41, 5.74) is 1.52. The third-order valence-corrected chi connectivity index (χ3v) is 3.68. The Morgan fingerprint density at radius 1 is 1.50 bits per heavy atom. The number of rotatable bonds is 5. The summed E-state index contributed by atoms with van der Waals surface area (Å²) in [6.07, 6.45) is 0. The van der Waals surface area contributed by atoms with Crippen molar-refractivity contribution in [2.45, 2.75) is 52.6 Å². The Morgan fingerprint density at radius 2 is 2.17 bits per heavy atom. The van der Waals surface area contributed by atoms with Crippen molar-refractivity contribution in [3.8, 4) is 0 Å². The van der Waals surface area contributed by atoms with Gasteiger partial charge in [0.1, 0.15) is 6.04 Å². The van der Waals surface area contributed by atoms with E-state index in [4.69, 9.17) is 4.74 Å². The van der Waals surface area contributed by atoms with E-state index in [-0.39, 0.29) is 17.4 Å². The molecule has 1 N–H and O–H groups in total. The first-order chi connectivity index (χ1) is 8.34. The van der Waals surface area contributed by atoms with Crippen LogP contribution in [0.25, 0.3) is 0 Å². The molecule has 0 spiro atoms. The van der Waals surface area contributed by atoms with Gasteiger partial charge in [0.25, 0.3) is 0 Å². The molecule has 0 aliphatic heterocycles. The fourth-order valence-electron chi connectivity index (χ4n) is 1.47. The van der Waals surface area contributed by atoms with E-state index in [1.807, 2.05) is 13.8 Å². The second kappa shape index (κ2) is 6.34. The number of thiophene rings is 1. The topological polar surface area (TPSA) is 38.3 Å². The average molecular weight is 269 g/mol. The molecule has 0 saturated carbocycles. The molecule has 102 valence electrons. The molecule has 4 heteroatoms. The van der Waals surface area contributed by atoms with Gasteiger partial charge in [-0.05, 0) is 36.3 Å². The summed E-state index contributed by atoms with van der Waals surface area (Å²) in [7, 11) is 0. The normalized spacial score (nSPS) is 13.4. The van der Waals surface area contributed by atoms with Gasteiger partial charge in [0.2, 0.25) is 0 Å². The zero-order valence-corrected chi connectivity index (χ0v) is 12.7. The molecule has 0 fully saturated rings. The maximum atomic E-state index is 11.4. The van der Waals surface area contributed by atoms with Crippen LogP contribution in [-0.2, 0) is 21.5 Å². The first-order valence-corrected chi connectivity index (χ1v) is 7.20. The van der Waals surface area contributed by atoms with Gasteiger partial charge < -0.3 is 4.74 Å². The smallest absolute Gasteiger partial charge is 0.322 e. The number of nitrogens with one attached hydrogen (secondary N) is 1. The van der Waals surface area contributed by atoms with Crippen LogP contribution in [0.5, 0.6) is 0 Å². The summed E-state index contributed by atoms with van der Waals surface area (Å²) in [6.45, 7) is 11.4. The van der Waals surface area contributed by atoms with Crippen molar-refractivity contribution in [3.05, 3.63) is 21.9 Å². The lowest BCUT2D eigenvalue weighted by atomic mass is 9.89. The molecule has 18 heavy (non-hydrogen) atoms. The largest absolute Gasteiger partial charge is 0.465 e. The Labute approximate surface area is 114 Å². The van der Waals surface area contributed by atoms with Crippen molar-refractivity contribution < 1.29 is 9.53 Å². The molecule has 0 aromatic carbocycles. The van der Waals surface area contributed by atoms with Gasteiger partial charge in [0, 0.05) is 11.4 Å². The second-order valence-corrected chi connectivity index (χ2v) is 6.40.